The quantitative estimate of drug-likeness (QED) is 0.709. The minimum Gasteiger partial charge on any atom is -0.330 e. The van der Waals surface area contributed by atoms with Gasteiger partial charge in [0.15, 0.2) is 0 Å². The van der Waals surface area contributed by atoms with Gasteiger partial charge in [-0.05, 0) is 36.1 Å². The molecule has 0 heterocycles. The summed E-state index contributed by atoms with van der Waals surface area (Å²) >= 11 is 0. The van der Waals surface area contributed by atoms with Gasteiger partial charge in [0.25, 0.3) is 0 Å². The van der Waals surface area contributed by atoms with Crippen molar-refractivity contribution in [1.82, 2.24) is 5.32 Å². The third-order valence-electron chi connectivity index (χ3n) is 3.95. The summed E-state index contributed by atoms with van der Waals surface area (Å²) in [6.07, 6.45) is 4.28. The third-order valence-corrected chi connectivity index (χ3v) is 3.95. The molecule has 0 unspecified atom stereocenters. The molecule has 0 spiro atoms. The van der Waals surface area contributed by atoms with Gasteiger partial charge >= 0.3 is 0 Å². The zero-order chi connectivity index (χ0) is 11.5. The Morgan fingerprint density at radius 2 is 1.73 bits per heavy atom. The zero-order valence-corrected chi connectivity index (χ0v) is 10.9. The Balaban J connectivity index is 2.24. The standard InChI is InChI=1S/C13H28N2/c1-12(2,8-14)9-15-10-13(3,4)11-6-5-7-11/h11,15H,5-10,14H2,1-4H3. The molecule has 3 N–H and O–H groups in total. The van der Waals surface area contributed by atoms with Gasteiger partial charge in [0.2, 0.25) is 0 Å². The van der Waals surface area contributed by atoms with E-state index in [1.165, 1.54) is 19.3 Å². The molecule has 0 bridgehead atoms. The van der Waals surface area contributed by atoms with E-state index in [1.54, 1.807) is 0 Å². The van der Waals surface area contributed by atoms with E-state index in [-0.39, 0.29) is 5.41 Å². The molecule has 0 atom stereocenters. The molecule has 0 radical (unpaired) electrons. The summed E-state index contributed by atoms with van der Waals surface area (Å²) in [5.41, 5.74) is 6.41. The van der Waals surface area contributed by atoms with Crippen molar-refractivity contribution in [3.8, 4) is 0 Å². The zero-order valence-electron chi connectivity index (χ0n) is 10.9. The highest BCUT2D eigenvalue weighted by atomic mass is 14.9. The van der Waals surface area contributed by atoms with Crippen LogP contribution in [0.2, 0.25) is 0 Å². The molecule has 0 amide bonds. The van der Waals surface area contributed by atoms with Gasteiger partial charge in [0.1, 0.15) is 0 Å². The monoisotopic (exact) mass is 212 g/mol. The molecular formula is C13H28N2. The Hall–Kier alpha value is -0.0800. The molecule has 15 heavy (non-hydrogen) atoms. The van der Waals surface area contributed by atoms with Crippen molar-refractivity contribution in [2.45, 2.75) is 47.0 Å². The summed E-state index contributed by atoms with van der Waals surface area (Å²) in [5, 5.41) is 3.59. The first kappa shape index (κ1) is 13.0. The molecule has 2 heteroatoms. The van der Waals surface area contributed by atoms with Gasteiger partial charge in [-0.25, -0.2) is 0 Å². The van der Waals surface area contributed by atoms with Crippen LogP contribution >= 0.6 is 0 Å². The summed E-state index contributed by atoms with van der Waals surface area (Å²) in [6, 6.07) is 0. The van der Waals surface area contributed by atoms with Gasteiger partial charge in [0.05, 0.1) is 0 Å². The molecule has 0 aromatic carbocycles. The minimum absolute atomic E-state index is 0.232. The average Bonchev–Trinajstić information content (AvgIpc) is 1.99. The second kappa shape index (κ2) is 4.84. The predicted octanol–water partition coefficient (Wildman–Crippen LogP) is 2.39. The fourth-order valence-electron chi connectivity index (χ4n) is 2.13. The summed E-state index contributed by atoms with van der Waals surface area (Å²) < 4.78 is 0. The van der Waals surface area contributed by atoms with Gasteiger partial charge in [0, 0.05) is 13.1 Å². The normalized spacial score (nSPS) is 19.0. The highest BCUT2D eigenvalue weighted by Gasteiger charge is 2.33. The Bertz CT molecular complexity index is 193. The average molecular weight is 212 g/mol. The molecule has 0 aromatic heterocycles. The maximum Gasteiger partial charge on any atom is 0.00148 e. The molecule has 2 nitrogen and oxygen atoms in total. The van der Waals surface area contributed by atoms with E-state index in [2.05, 4.69) is 33.0 Å². The molecule has 1 saturated carbocycles. The van der Waals surface area contributed by atoms with Crippen molar-refractivity contribution in [1.29, 1.82) is 0 Å². The van der Waals surface area contributed by atoms with Crippen LogP contribution in [0.25, 0.3) is 0 Å². The second-order valence-electron chi connectivity index (χ2n) is 6.59. The topological polar surface area (TPSA) is 38.0 Å². The molecule has 0 saturated heterocycles. The van der Waals surface area contributed by atoms with E-state index < -0.39 is 0 Å². The number of nitrogens with one attached hydrogen (secondary N) is 1. The smallest absolute Gasteiger partial charge is 0.00148 e. The highest BCUT2D eigenvalue weighted by molar-refractivity contribution is 4.86. The van der Waals surface area contributed by atoms with Crippen LogP contribution in [-0.2, 0) is 0 Å². The van der Waals surface area contributed by atoms with Gasteiger partial charge in [-0.2, -0.15) is 0 Å². The van der Waals surface area contributed by atoms with E-state index >= 15 is 0 Å². The molecule has 1 aliphatic carbocycles. The van der Waals surface area contributed by atoms with Crippen molar-refractivity contribution in [3.05, 3.63) is 0 Å². The largest absolute Gasteiger partial charge is 0.330 e. The third kappa shape index (κ3) is 3.76. The number of nitrogens with two attached hydrogens (primary N) is 1. The van der Waals surface area contributed by atoms with E-state index in [0.29, 0.717) is 5.41 Å². The highest BCUT2D eigenvalue weighted by Crippen LogP contribution is 2.41. The van der Waals surface area contributed by atoms with Crippen molar-refractivity contribution in [2.24, 2.45) is 22.5 Å². The summed E-state index contributed by atoms with van der Waals surface area (Å²) in [6.45, 7) is 12.1. The lowest BCUT2D eigenvalue weighted by molar-refractivity contribution is 0.115. The Morgan fingerprint density at radius 1 is 1.13 bits per heavy atom. The van der Waals surface area contributed by atoms with Crippen LogP contribution in [0.1, 0.15) is 47.0 Å². The summed E-state index contributed by atoms with van der Waals surface area (Å²) in [4.78, 5) is 0. The van der Waals surface area contributed by atoms with Crippen LogP contribution in [0.5, 0.6) is 0 Å². The van der Waals surface area contributed by atoms with Crippen LogP contribution in [0.3, 0.4) is 0 Å². The van der Waals surface area contributed by atoms with Crippen molar-refractivity contribution in [3.63, 3.8) is 0 Å². The molecule has 1 fully saturated rings. The fraction of sp³-hybridized carbons (Fsp3) is 1.00. The van der Waals surface area contributed by atoms with Crippen molar-refractivity contribution >= 4 is 0 Å². The summed E-state index contributed by atoms with van der Waals surface area (Å²) in [7, 11) is 0. The molecule has 90 valence electrons. The van der Waals surface area contributed by atoms with E-state index in [0.717, 1.165) is 25.6 Å². The number of hydrogen-bond donors (Lipinski definition) is 2. The van der Waals surface area contributed by atoms with E-state index in [4.69, 9.17) is 5.73 Å². The Kier molecular flexibility index (Phi) is 4.19. The maximum atomic E-state index is 5.71. The molecular weight excluding hydrogens is 184 g/mol. The van der Waals surface area contributed by atoms with E-state index in [9.17, 15) is 0 Å². The van der Waals surface area contributed by atoms with Gasteiger partial charge < -0.3 is 11.1 Å². The second-order valence-corrected chi connectivity index (χ2v) is 6.59. The van der Waals surface area contributed by atoms with Gasteiger partial charge in [-0.3, -0.25) is 0 Å². The van der Waals surface area contributed by atoms with Crippen LogP contribution < -0.4 is 11.1 Å². The molecule has 1 rings (SSSR count). The van der Waals surface area contributed by atoms with E-state index in [1.807, 2.05) is 0 Å². The SMILES string of the molecule is CC(C)(CN)CNCC(C)(C)C1CCC1. The first-order chi connectivity index (χ1) is 6.87. The Labute approximate surface area is 95.0 Å². The van der Waals surface area contributed by atoms with Gasteiger partial charge in [-0.15, -0.1) is 0 Å². The summed E-state index contributed by atoms with van der Waals surface area (Å²) in [5.74, 6) is 0.936. The predicted molar refractivity (Wildman–Crippen MR) is 66.8 cm³/mol. The molecule has 1 aliphatic rings. The van der Waals surface area contributed by atoms with Crippen LogP contribution in [0.15, 0.2) is 0 Å². The first-order valence-electron chi connectivity index (χ1n) is 6.28. The maximum absolute atomic E-state index is 5.71. The molecule has 0 aromatic rings. The lowest BCUT2D eigenvalue weighted by atomic mass is 9.67. The fourth-order valence-corrected chi connectivity index (χ4v) is 2.13. The van der Waals surface area contributed by atoms with Crippen LogP contribution in [0, 0.1) is 16.7 Å². The van der Waals surface area contributed by atoms with Crippen LogP contribution in [0.4, 0.5) is 0 Å². The number of rotatable bonds is 6. The molecule has 0 aliphatic heterocycles. The Morgan fingerprint density at radius 3 is 2.13 bits per heavy atom. The van der Waals surface area contributed by atoms with Crippen LogP contribution in [-0.4, -0.2) is 19.6 Å². The van der Waals surface area contributed by atoms with Crippen molar-refractivity contribution in [2.75, 3.05) is 19.6 Å². The van der Waals surface area contributed by atoms with Crippen molar-refractivity contribution < 1.29 is 0 Å². The lowest BCUT2D eigenvalue weighted by Gasteiger charge is -2.41. The van der Waals surface area contributed by atoms with Gasteiger partial charge in [-0.1, -0.05) is 34.1 Å². The minimum atomic E-state index is 0.232. The number of hydrogen-bond acceptors (Lipinski definition) is 2. The first-order valence-corrected chi connectivity index (χ1v) is 6.28. The lowest BCUT2D eigenvalue weighted by Crippen LogP contribution is -2.43.